The van der Waals surface area contributed by atoms with Crippen molar-refractivity contribution in [2.75, 3.05) is 25.4 Å². The number of hydrogen-bond donors (Lipinski definition) is 1. The molecule has 3 rings (SSSR count). The number of nitrogens with zero attached hydrogens (tertiary/aromatic N) is 1. The maximum Gasteiger partial charge on any atom is 0.0191 e. The van der Waals surface area contributed by atoms with Crippen LogP contribution in [0.1, 0.15) is 32.6 Å². The van der Waals surface area contributed by atoms with Crippen LogP contribution < -0.4 is 5.32 Å². The Morgan fingerprint density at radius 1 is 1.25 bits per heavy atom. The van der Waals surface area contributed by atoms with E-state index in [0.717, 1.165) is 23.3 Å². The van der Waals surface area contributed by atoms with Crippen molar-refractivity contribution in [3.63, 3.8) is 0 Å². The van der Waals surface area contributed by atoms with Gasteiger partial charge < -0.3 is 10.2 Å². The Balaban J connectivity index is 1.39. The van der Waals surface area contributed by atoms with Gasteiger partial charge in [0.1, 0.15) is 0 Å². The number of nitrogens with one attached hydrogen (secondary N) is 1. The zero-order chi connectivity index (χ0) is 11.0. The maximum absolute atomic E-state index is 3.81. The van der Waals surface area contributed by atoms with Crippen LogP contribution in [-0.2, 0) is 0 Å². The van der Waals surface area contributed by atoms with E-state index in [1.165, 1.54) is 51.1 Å². The van der Waals surface area contributed by atoms with Crippen molar-refractivity contribution in [3.8, 4) is 0 Å². The molecule has 0 bridgehead atoms. The Bertz CT molecular complexity index is 242. The molecule has 3 aliphatic rings. The second-order valence-corrected chi connectivity index (χ2v) is 7.25. The molecule has 3 unspecified atom stereocenters. The lowest BCUT2D eigenvalue weighted by Crippen LogP contribution is -2.37. The van der Waals surface area contributed by atoms with Crippen molar-refractivity contribution in [1.82, 2.24) is 10.2 Å². The molecule has 3 heteroatoms. The van der Waals surface area contributed by atoms with Gasteiger partial charge in [0.2, 0.25) is 0 Å². The van der Waals surface area contributed by atoms with Gasteiger partial charge in [0.05, 0.1) is 0 Å². The Kier molecular flexibility index (Phi) is 3.46. The topological polar surface area (TPSA) is 15.3 Å². The highest BCUT2D eigenvalue weighted by Crippen LogP contribution is 2.32. The number of hydrogen-bond acceptors (Lipinski definition) is 3. The van der Waals surface area contributed by atoms with Crippen LogP contribution in [0.15, 0.2) is 0 Å². The molecular formula is C13H24N2S. The fraction of sp³-hybridized carbons (Fsp3) is 1.00. The predicted molar refractivity (Wildman–Crippen MR) is 71.0 cm³/mol. The average Bonchev–Trinajstić information content (AvgIpc) is 2.89. The molecule has 0 aromatic carbocycles. The van der Waals surface area contributed by atoms with E-state index in [-0.39, 0.29) is 0 Å². The molecule has 0 aromatic heterocycles. The van der Waals surface area contributed by atoms with Crippen molar-refractivity contribution in [3.05, 3.63) is 0 Å². The third kappa shape index (κ3) is 2.57. The van der Waals surface area contributed by atoms with Gasteiger partial charge in [-0.15, -0.1) is 0 Å². The molecule has 1 N–H and O–H groups in total. The quantitative estimate of drug-likeness (QED) is 0.808. The highest BCUT2D eigenvalue weighted by molar-refractivity contribution is 8.00. The van der Waals surface area contributed by atoms with Gasteiger partial charge in [-0.3, -0.25) is 0 Å². The monoisotopic (exact) mass is 240 g/mol. The molecule has 3 fully saturated rings. The van der Waals surface area contributed by atoms with E-state index >= 15 is 0 Å². The molecular weight excluding hydrogens is 216 g/mol. The van der Waals surface area contributed by atoms with Crippen molar-refractivity contribution in [2.45, 2.75) is 49.9 Å². The maximum atomic E-state index is 3.81. The van der Waals surface area contributed by atoms with Gasteiger partial charge in [-0.25, -0.2) is 0 Å². The van der Waals surface area contributed by atoms with Gasteiger partial charge in [0, 0.05) is 23.9 Å². The van der Waals surface area contributed by atoms with Crippen LogP contribution in [0.2, 0.25) is 0 Å². The third-order valence-electron chi connectivity index (χ3n) is 4.43. The van der Waals surface area contributed by atoms with Crippen molar-refractivity contribution < 1.29 is 0 Å². The SMILES string of the molecule is CC1SCCC1NCC1CCN(C2CC2)C1. The van der Waals surface area contributed by atoms with Crippen molar-refractivity contribution in [2.24, 2.45) is 5.92 Å². The first-order chi connectivity index (χ1) is 7.83. The number of thioether (sulfide) groups is 1. The molecule has 2 saturated heterocycles. The normalized spacial score (nSPS) is 40.7. The van der Waals surface area contributed by atoms with E-state index in [2.05, 4.69) is 28.9 Å². The molecule has 1 saturated carbocycles. The van der Waals surface area contributed by atoms with E-state index in [1.807, 2.05) is 0 Å². The van der Waals surface area contributed by atoms with Gasteiger partial charge in [-0.1, -0.05) is 6.92 Å². The average molecular weight is 240 g/mol. The fourth-order valence-corrected chi connectivity index (χ4v) is 4.34. The molecule has 0 radical (unpaired) electrons. The molecule has 3 atom stereocenters. The Hall–Kier alpha value is 0.270. The third-order valence-corrected chi connectivity index (χ3v) is 5.75. The highest BCUT2D eigenvalue weighted by Gasteiger charge is 2.34. The van der Waals surface area contributed by atoms with Gasteiger partial charge in [-0.2, -0.15) is 11.8 Å². The number of rotatable bonds is 4. The zero-order valence-corrected chi connectivity index (χ0v) is 11.1. The molecule has 16 heavy (non-hydrogen) atoms. The summed E-state index contributed by atoms with van der Waals surface area (Å²) < 4.78 is 0. The van der Waals surface area contributed by atoms with Crippen LogP contribution in [-0.4, -0.2) is 47.6 Å². The van der Waals surface area contributed by atoms with E-state index in [0.29, 0.717) is 0 Å². The Morgan fingerprint density at radius 2 is 2.12 bits per heavy atom. The van der Waals surface area contributed by atoms with Crippen molar-refractivity contribution in [1.29, 1.82) is 0 Å². The summed E-state index contributed by atoms with van der Waals surface area (Å²) in [5.74, 6) is 2.29. The summed E-state index contributed by atoms with van der Waals surface area (Å²) in [4.78, 5) is 2.72. The summed E-state index contributed by atoms with van der Waals surface area (Å²) in [5.41, 5.74) is 0. The summed E-state index contributed by atoms with van der Waals surface area (Å²) in [6, 6.07) is 1.77. The van der Waals surface area contributed by atoms with Gasteiger partial charge in [0.15, 0.2) is 0 Å². The van der Waals surface area contributed by atoms with Crippen LogP contribution in [0.4, 0.5) is 0 Å². The first kappa shape index (κ1) is 11.4. The first-order valence-corrected chi connectivity index (χ1v) is 7.97. The Morgan fingerprint density at radius 3 is 2.81 bits per heavy atom. The predicted octanol–water partition coefficient (Wildman–Crippen LogP) is 1.95. The van der Waals surface area contributed by atoms with Gasteiger partial charge in [-0.05, 0) is 50.4 Å². The first-order valence-electron chi connectivity index (χ1n) is 6.92. The van der Waals surface area contributed by atoms with E-state index in [9.17, 15) is 0 Å². The standard InChI is InChI=1S/C13H24N2S/c1-10-13(5-7-16-10)14-8-11-4-6-15(9-11)12-2-3-12/h10-14H,2-9H2,1H3. The van der Waals surface area contributed by atoms with Crippen molar-refractivity contribution >= 4 is 11.8 Å². The highest BCUT2D eigenvalue weighted by atomic mass is 32.2. The second kappa shape index (κ2) is 4.87. The molecule has 0 aromatic rings. The van der Waals surface area contributed by atoms with Crippen LogP contribution in [0.3, 0.4) is 0 Å². The van der Waals surface area contributed by atoms with Crippen LogP contribution in [0, 0.1) is 5.92 Å². The molecule has 2 aliphatic heterocycles. The summed E-state index contributed by atoms with van der Waals surface area (Å²) in [5, 5.41) is 4.64. The molecule has 0 amide bonds. The zero-order valence-electron chi connectivity index (χ0n) is 10.3. The van der Waals surface area contributed by atoms with Crippen LogP contribution in [0.5, 0.6) is 0 Å². The molecule has 2 nitrogen and oxygen atoms in total. The lowest BCUT2D eigenvalue weighted by atomic mass is 10.1. The fourth-order valence-electron chi connectivity index (χ4n) is 3.12. The Labute approximate surface area is 104 Å². The second-order valence-electron chi connectivity index (χ2n) is 5.76. The summed E-state index contributed by atoms with van der Waals surface area (Å²) in [6.07, 6.45) is 5.75. The number of likely N-dealkylation sites (tertiary alicyclic amines) is 1. The minimum Gasteiger partial charge on any atom is -0.313 e. The van der Waals surface area contributed by atoms with Crippen LogP contribution in [0.25, 0.3) is 0 Å². The minimum absolute atomic E-state index is 0.792. The molecule has 1 aliphatic carbocycles. The van der Waals surface area contributed by atoms with Gasteiger partial charge in [0.25, 0.3) is 0 Å². The molecule has 2 heterocycles. The molecule has 0 spiro atoms. The van der Waals surface area contributed by atoms with E-state index in [1.54, 1.807) is 0 Å². The van der Waals surface area contributed by atoms with Crippen LogP contribution >= 0.6 is 11.8 Å². The van der Waals surface area contributed by atoms with E-state index in [4.69, 9.17) is 0 Å². The molecule has 92 valence electrons. The smallest absolute Gasteiger partial charge is 0.0191 e. The lowest BCUT2D eigenvalue weighted by molar-refractivity contribution is 0.309. The largest absolute Gasteiger partial charge is 0.313 e. The minimum atomic E-state index is 0.792. The summed E-state index contributed by atoms with van der Waals surface area (Å²) in [6.45, 7) is 6.37. The van der Waals surface area contributed by atoms with E-state index < -0.39 is 0 Å². The summed E-state index contributed by atoms with van der Waals surface area (Å²) >= 11 is 2.13. The lowest BCUT2D eigenvalue weighted by Gasteiger charge is -2.20. The summed E-state index contributed by atoms with van der Waals surface area (Å²) in [7, 11) is 0. The van der Waals surface area contributed by atoms with Gasteiger partial charge >= 0.3 is 0 Å².